The van der Waals surface area contributed by atoms with E-state index in [-0.39, 0.29) is 30.6 Å². The number of aliphatic hydroxyl groups is 1. The molecule has 38 heavy (non-hydrogen) atoms. The first-order valence-electron chi connectivity index (χ1n) is 12.4. The van der Waals surface area contributed by atoms with Gasteiger partial charge in [-0.25, -0.2) is 0 Å². The molecular weight excluding hydrogens is 518 g/mol. The van der Waals surface area contributed by atoms with Crippen LogP contribution in [-0.2, 0) is 16.1 Å². The summed E-state index contributed by atoms with van der Waals surface area (Å²) in [6, 6.07) is 24.5. The Hall–Kier alpha value is -3.08. The number of thioether (sulfide) groups is 1. The first-order chi connectivity index (χ1) is 18.5. The Bertz CT molecular complexity index is 1360. The van der Waals surface area contributed by atoms with Gasteiger partial charge in [-0.05, 0) is 42.3 Å². The van der Waals surface area contributed by atoms with Gasteiger partial charge in [-0.3, -0.25) is 4.79 Å². The molecule has 1 saturated heterocycles. The second kappa shape index (κ2) is 12.2. The number of hydrogen-bond donors (Lipinski definition) is 2. The van der Waals surface area contributed by atoms with E-state index in [2.05, 4.69) is 22.4 Å². The molecule has 2 N–H and O–H groups in total. The first kappa shape index (κ1) is 26.5. The Morgan fingerprint density at radius 1 is 1.00 bits per heavy atom. The molecule has 0 unspecified atom stereocenters. The molecule has 3 aromatic carbocycles. The van der Waals surface area contributed by atoms with Gasteiger partial charge in [0.1, 0.15) is 5.01 Å². The minimum Gasteiger partial charge on any atom is -0.392 e. The van der Waals surface area contributed by atoms with Crippen LogP contribution in [0.3, 0.4) is 0 Å². The van der Waals surface area contributed by atoms with Gasteiger partial charge in [0.2, 0.25) is 0 Å². The third-order valence-electron chi connectivity index (χ3n) is 6.45. The number of amides is 1. The van der Waals surface area contributed by atoms with Crippen molar-refractivity contribution in [2.45, 2.75) is 43.3 Å². The summed E-state index contributed by atoms with van der Waals surface area (Å²) in [5.74, 6) is 0.588. The smallest absolute Gasteiger partial charge is 0.255 e. The summed E-state index contributed by atoms with van der Waals surface area (Å²) in [5, 5.41) is 21.7. The van der Waals surface area contributed by atoms with E-state index in [1.54, 1.807) is 35.2 Å². The molecule has 9 heteroatoms. The van der Waals surface area contributed by atoms with E-state index in [0.29, 0.717) is 17.0 Å². The highest BCUT2D eigenvalue weighted by Crippen LogP contribution is 2.43. The lowest BCUT2D eigenvalue weighted by Gasteiger charge is -2.41. The number of carbonyl (C=O) groups is 1. The fourth-order valence-corrected chi connectivity index (χ4v) is 6.36. The lowest BCUT2D eigenvalue weighted by atomic mass is 9.91. The molecule has 4 aromatic rings. The van der Waals surface area contributed by atoms with E-state index in [1.165, 1.54) is 0 Å². The first-order valence-corrected chi connectivity index (χ1v) is 14.2. The average Bonchev–Trinajstić information content (AvgIpc) is 3.38. The van der Waals surface area contributed by atoms with E-state index in [9.17, 15) is 9.90 Å². The SMILES string of the molecule is Cc1nnc(SC[C@H]2O[C@@H](c3cccc(NC(=O)c4ccccc4)c3)O[C@@H](c3ccc(CO)cc3)[C@H]2C)s1. The van der Waals surface area contributed by atoms with E-state index in [0.717, 1.165) is 26.0 Å². The van der Waals surface area contributed by atoms with Gasteiger partial charge in [-0.2, -0.15) is 0 Å². The Morgan fingerprint density at radius 2 is 1.79 bits per heavy atom. The van der Waals surface area contributed by atoms with Crippen LogP contribution in [0, 0.1) is 12.8 Å². The summed E-state index contributed by atoms with van der Waals surface area (Å²) in [4.78, 5) is 12.7. The van der Waals surface area contributed by atoms with Crippen molar-refractivity contribution in [1.29, 1.82) is 0 Å². The zero-order valence-corrected chi connectivity index (χ0v) is 22.7. The van der Waals surface area contributed by atoms with Crippen LogP contribution in [0.4, 0.5) is 5.69 Å². The molecule has 1 fully saturated rings. The van der Waals surface area contributed by atoms with Gasteiger partial charge in [-0.15, -0.1) is 10.2 Å². The van der Waals surface area contributed by atoms with E-state index < -0.39 is 6.29 Å². The van der Waals surface area contributed by atoms with Gasteiger partial charge in [-0.1, -0.05) is 84.6 Å². The molecule has 0 aliphatic carbocycles. The maximum Gasteiger partial charge on any atom is 0.255 e. The van der Waals surface area contributed by atoms with Gasteiger partial charge in [0.25, 0.3) is 5.91 Å². The van der Waals surface area contributed by atoms with Crippen molar-refractivity contribution in [1.82, 2.24) is 10.2 Å². The fourth-order valence-electron chi connectivity index (χ4n) is 4.36. The average molecular weight is 548 g/mol. The van der Waals surface area contributed by atoms with Crippen molar-refractivity contribution in [3.63, 3.8) is 0 Å². The molecule has 0 bridgehead atoms. The number of rotatable bonds is 8. The Balaban J connectivity index is 1.38. The molecule has 1 aromatic heterocycles. The van der Waals surface area contributed by atoms with Crippen LogP contribution in [0.25, 0.3) is 0 Å². The monoisotopic (exact) mass is 547 g/mol. The largest absolute Gasteiger partial charge is 0.392 e. The lowest BCUT2D eigenvalue weighted by molar-refractivity contribution is -0.268. The number of aromatic nitrogens is 2. The zero-order chi connectivity index (χ0) is 26.5. The number of nitrogens with zero attached hydrogens (tertiary/aromatic N) is 2. The van der Waals surface area contributed by atoms with Crippen molar-refractivity contribution in [3.8, 4) is 0 Å². The molecule has 7 nitrogen and oxygen atoms in total. The fraction of sp³-hybridized carbons (Fsp3) is 0.276. The molecule has 196 valence electrons. The maximum atomic E-state index is 12.7. The molecule has 1 aliphatic heterocycles. The van der Waals surface area contributed by atoms with Gasteiger partial charge < -0.3 is 19.9 Å². The van der Waals surface area contributed by atoms with Crippen LogP contribution in [0.15, 0.2) is 83.2 Å². The Kier molecular flexibility index (Phi) is 8.51. The summed E-state index contributed by atoms with van der Waals surface area (Å²) in [6.45, 7) is 4.07. The molecule has 0 saturated carbocycles. The van der Waals surface area contributed by atoms with Crippen LogP contribution in [0.5, 0.6) is 0 Å². The highest BCUT2D eigenvalue weighted by Gasteiger charge is 2.38. The topological polar surface area (TPSA) is 93.6 Å². The Labute approximate surface area is 230 Å². The van der Waals surface area contributed by atoms with Gasteiger partial charge >= 0.3 is 0 Å². The highest BCUT2D eigenvalue weighted by molar-refractivity contribution is 8.01. The minimum absolute atomic E-state index is 0.00484. The highest BCUT2D eigenvalue weighted by atomic mass is 32.2. The van der Waals surface area contributed by atoms with E-state index in [1.807, 2.05) is 73.7 Å². The van der Waals surface area contributed by atoms with Crippen molar-refractivity contribution < 1.29 is 19.4 Å². The number of ether oxygens (including phenoxy) is 2. The summed E-state index contributed by atoms with van der Waals surface area (Å²) in [5.41, 5.74) is 3.96. The molecule has 5 rings (SSSR count). The molecule has 0 spiro atoms. The molecule has 1 aliphatic rings. The van der Waals surface area contributed by atoms with Crippen molar-refractivity contribution in [2.24, 2.45) is 5.92 Å². The van der Waals surface area contributed by atoms with Crippen molar-refractivity contribution >= 4 is 34.7 Å². The number of hydrogen-bond acceptors (Lipinski definition) is 8. The molecule has 1 amide bonds. The number of aryl methyl sites for hydroxylation is 1. The summed E-state index contributed by atoms with van der Waals surface area (Å²) >= 11 is 3.21. The van der Waals surface area contributed by atoms with E-state index >= 15 is 0 Å². The summed E-state index contributed by atoms with van der Waals surface area (Å²) in [7, 11) is 0. The minimum atomic E-state index is -0.621. The molecule has 4 atom stereocenters. The second-order valence-electron chi connectivity index (χ2n) is 9.17. The molecular formula is C29H29N3O4S2. The number of anilines is 1. The Morgan fingerprint density at radius 3 is 2.50 bits per heavy atom. The second-order valence-corrected chi connectivity index (χ2v) is 11.6. The number of benzene rings is 3. The normalized spacial score (nSPS) is 21.2. The maximum absolute atomic E-state index is 12.7. The van der Waals surface area contributed by atoms with Crippen LogP contribution < -0.4 is 5.32 Å². The van der Waals surface area contributed by atoms with E-state index in [4.69, 9.17) is 9.47 Å². The third-order valence-corrected chi connectivity index (χ3v) is 8.52. The predicted molar refractivity (Wildman–Crippen MR) is 149 cm³/mol. The van der Waals surface area contributed by atoms with Crippen LogP contribution in [0.1, 0.15) is 51.4 Å². The number of nitrogens with one attached hydrogen (secondary N) is 1. The standard InChI is InChI=1S/C29H29N3O4S2/c1-18-25(17-37-29-32-31-19(2)38-29)35-28(36-26(18)21-13-11-20(16-33)12-14-21)23-9-6-10-24(15-23)30-27(34)22-7-4-3-5-8-22/h3-15,18,25-26,28,33H,16-17H2,1-2H3,(H,30,34)/t18-,25+,26+,28+/m0/s1. The molecule has 0 radical (unpaired) electrons. The van der Waals surface area contributed by atoms with Gasteiger partial charge in [0, 0.05) is 28.5 Å². The lowest BCUT2D eigenvalue weighted by Crippen LogP contribution is -2.38. The third kappa shape index (κ3) is 6.31. The van der Waals surface area contributed by atoms with Crippen LogP contribution in [0.2, 0.25) is 0 Å². The molecule has 2 heterocycles. The quantitative estimate of drug-likeness (QED) is 0.255. The van der Waals surface area contributed by atoms with Gasteiger partial charge in [0.15, 0.2) is 10.6 Å². The van der Waals surface area contributed by atoms with Gasteiger partial charge in [0.05, 0.1) is 18.8 Å². The summed E-state index contributed by atoms with van der Waals surface area (Å²) < 4.78 is 14.0. The van der Waals surface area contributed by atoms with Crippen LogP contribution >= 0.6 is 23.1 Å². The zero-order valence-electron chi connectivity index (χ0n) is 21.1. The predicted octanol–water partition coefficient (Wildman–Crippen LogP) is 6.17. The van der Waals surface area contributed by atoms with Crippen molar-refractivity contribution in [3.05, 3.63) is 106 Å². The number of carbonyl (C=O) groups excluding carboxylic acids is 1. The summed E-state index contributed by atoms with van der Waals surface area (Å²) in [6.07, 6.45) is -0.956. The number of aliphatic hydroxyl groups excluding tert-OH is 1. The van der Waals surface area contributed by atoms with Crippen molar-refractivity contribution in [2.75, 3.05) is 11.1 Å². The van der Waals surface area contributed by atoms with Crippen LogP contribution in [-0.4, -0.2) is 33.1 Å².